The van der Waals surface area contributed by atoms with Crippen LogP contribution in [0, 0.1) is 18.3 Å². The van der Waals surface area contributed by atoms with Gasteiger partial charge in [-0.2, -0.15) is 5.26 Å². The molecule has 1 aliphatic rings. The van der Waals surface area contributed by atoms with Crippen molar-refractivity contribution in [1.29, 1.82) is 5.26 Å². The van der Waals surface area contributed by atoms with Crippen LogP contribution in [0.3, 0.4) is 0 Å². The van der Waals surface area contributed by atoms with Crippen LogP contribution in [0.5, 0.6) is 0 Å². The maximum Gasteiger partial charge on any atom is 0.331 e. The SMILES string of the molecule is Cc1onc(-c2ccccc2)c1-c1nnc(Cn2c(=O)c(C#N)cn(C3CC3)c2=O)o1. The van der Waals surface area contributed by atoms with Gasteiger partial charge in [-0.1, -0.05) is 35.5 Å². The average Bonchev–Trinajstić information content (AvgIpc) is 3.40. The first kappa shape index (κ1) is 18.7. The Labute approximate surface area is 175 Å². The molecule has 0 saturated heterocycles. The zero-order valence-electron chi connectivity index (χ0n) is 16.5. The summed E-state index contributed by atoms with van der Waals surface area (Å²) in [6, 6.07) is 11.3. The van der Waals surface area contributed by atoms with E-state index < -0.39 is 11.2 Å². The topological polar surface area (TPSA) is 133 Å². The van der Waals surface area contributed by atoms with Gasteiger partial charge >= 0.3 is 5.69 Å². The summed E-state index contributed by atoms with van der Waals surface area (Å²) in [7, 11) is 0. The summed E-state index contributed by atoms with van der Waals surface area (Å²) in [4.78, 5) is 25.3. The molecule has 1 aliphatic carbocycles. The van der Waals surface area contributed by atoms with E-state index in [2.05, 4.69) is 15.4 Å². The molecular formula is C21H16N6O4. The van der Waals surface area contributed by atoms with Crippen LogP contribution in [0.25, 0.3) is 22.7 Å². The van der Waals surface area contributed by atoms with Crippen LogP contribution < -0.4 is 11.2 Å². The molecular weight excluding hydrogens is 400 g/mol. The number of hydrogen-bond donors (Lipinski definition) is 0. The van der Waals surface area contributed by atoms with E-state index in [4.69, 9.17) is 8.94 Å². The fourth-order valence-corrected chi connectivity index (χ4v) is 3.42. The highest BCUT2D eigenvalue weighted by atomic mass is 16.5. The zero-order chi connectivity index (χ0) is 21.5. The van der Waals surface area contributed by atoms with Gasteiger partial charge in [0.1, 0.15) is 35.2 Å². The highest BCUT2D eigenvalue weighted by Gasteiger charge is 2.28. The fourth-order valence-electron chi connectivity index (χ4n) is 3.42. The minimum absolute atomic E-state index is 0.0118. The smallest absolute Gasteiger partial charge is 0.331 e. The van der Waals surface area contributed by atoms with Gasteiger partial charge < -0.3 is 8.94 Å². The van der Waals surface area contributed by atoms with Crippen LogP contribution in [-0.4, -0.2) is 24.5 Å². The predicted molar refractivity (Wildman–Crippen MR) is 107 cm³/mol. The summed E-state index contributed by atoms with van der Waals surface area (Å²) in [6.45, 7) is 1.49. The third-order valence-corrected chi connectivity index (χ3v) is 5.14. The molecule has 1 saturated carbocycles. The first-order valence-electron chi connectivity index (χ1n) is 9.67. The third-order valence-electron chi connectivity index (χ3n) is 5.14. The lowest BCUT2D eigenvalue weighted by molar-refractivity contribution is 0.399. The molecule has 10 nitrogen and oxygen atoms in total. The van der Waals surface area contributed by atoms with E-state index in [1.54, 1.807) is 6.92 Å². The molecule has 1 aromatic carbocycles. The maximum atomic E-state index is 12.8. The summed E-state index contributed by atoms with van der Waals surface area (Å²) in [6.07, 6.45) is 3.00. The molecule has 0 spiro atoms. The van der Waals surface area contributed by atoms with Crippen molar-refractivity contribution in [2.75, 3.05) is 0 Å². The summed E-state index contributed by atoms with van der Waals surface area (Å²) < 4.78 is 13.5. The van der Waals surface area contributed by atoms with Crippen molar-refractivity contribution in [2.24, 2.45) is 0 Å². The van der Waals surface area contributed by atoms with Gasteiger partial charge in [-0.15, -0.1) is 10.2 Å². The van der Waals surface area contributed by atoms with Gasteiger partial charge in [-0.3, -0.25) is 9.36 Å². The normalized spacial score (nSPS) is 13.3. The molecule has 10 heteroatoms. The standard InChI is InChI=1S/C21H16N6O4/c1-12-17(18(25-31-12)13-5-3-2-4-6-13)19-24-23-16(30-19)11-27-20(28)14(9-22)10-26(21(27)29)15-7-8-15/h2-6,10,15H,7-8,11H2,1H3. The minimum atomic E-state index is -0.685. The number of nitriles is 1. The second-order valence-electron chi connectivity index (χ2n) is 7.30. The lowest BCUT2D eigenvalue weighted by Gasteiger charge is -2.08. The monoisotopic (exact) mass is 416 g/mol. The Morgan fingerprint density at radius 1 is 1.19 bits per heavy atom. The van der Waals surface area contributed by atoms with Crippen molar-refractivity contribution in [3.63, 3.8) is 0 Å². The van der Waals surface area contributed by atoms with E-state index in [-0.39, 0.29) is 29.9 Å². The Bertz CT molecular complexity index is 1430. The maximum absolute atomic E-state index is 12.8. The molecule has 31 heavy (non-hydrogen) atoms. The van der Waals surface area contributed by atoms with Gasteiger partial charge in [-0.05, 0) is 19.8 Å². The second-order valence-corrected chi connectivity index (χ2v) is 7.30. The van der Waals surface area contributed by atoms with Crippen molar-refractivity contribution < 1.29 is 8.94 Å². The Hall–Kier alpha value is -4.26. The molecule has 0 unspecified atom stereocenters. The van der Waals surface area contributed by atoms with E-state index in [1.807, 2.05) is 36.4 Å². The Morgan fingerprint density at radius 3 is 2.68 bits per heavy atom. The fraction of sp³-hybridized carbons (Fsp3) is 0.238. The van der Waals surface area contributed by atoms with E-state index in [0.717, 1.165) is 23.0 Å². The number of aryl methyl sites for hydroxylation is 1. The highest BCUT2D eigenvalue weighted by molar-refractivity contribution is 5.77. The molecule has 1 fully saturated rings. The third kappa shape index (κ3) is 3.26. The first-order valence-corrected chi connectivity index (χ1v) is 9.67. The Balaban J connectivity index is 1.54. The van der Waals surface area contributed by atoms with Crippen LogP contribution in [0.2, 0.25) is 0 Å². The van der Waals surface area contributed by atoms with E-state index >= 15 is 0 Å². The molecule has 5 rings (SSSR count). The van der Waals surface area contributed by atoms with Crippen molar-refractivity contribution >= 4 is 0 Å². The summed E-state index contributed by atoms with van der Waals surface area (Å²) >= 11 is 0. The van der Waals surface area contributed by atoms with Crippen LogP contribution >= 0.6 is 0 Å². The number of rotatable bonds is 5. The average molecular weight is 416 g/mol. The van der Waals surface area contributed by atoms with E-state index in [9.17, 15) is 14.9 Å². The summed E-state index contributed by atoms with van der Waals surface area (Å²) in [5.74, 6) is 0.722. The molecule has 0 amide bonds. The van der Waals surface area contributed by atoms with Crippen LogP contribution in [-0.2, 0) is 6.54 Å². The molecule has 0 radical (unpaired) electrons. The van der Waals surface area contributed by atoms with Crippen molar-refractivity contribution in [3.05, 3.63) is 74.6 Å². The van der Waals surface area contributed by atoms with Crippen molar-refractivity contribution in [2.45, 2.75) is 32.4 Å². The number of hydrogen-bond acceptors (Lipinski definition) is 8. The Morgan fingerprint density at radius 2 is 1.97 bits per heavy atom. The Kier molecular flexibility index (Phi) is 4.36. The molecule has 0 bridgehead atoms. The minimum Gasteiger partial charge on any atom is -0.419 e. The molecule has 0 aliphatic heterocycles. The van der Waals surface area contributed by atoms with Gasteiger partial charge in [0.15, 0.2) is 0 Å². The predicted octanol–water partition coefficient (Wildman–Crippen LogP) is 2.28. The first-order chi connectivity index (χ1) is 15.1. The molecule has 0 N–H and O–H groups in total. The molecule has 3 heterocycles. The summed E-state index contributed by atoms with van der Waals surface area (Å²) in [5, 5.41) is 21.4. The second kappa shape index (κ2) is 7.21. The van der Waals surface area contributed by atoms with Gasteiger partial charge in [-0.25, -0.2) is 9.36 Å². The number of aromatic nitrogens is 5. The lowest BCUT2D eigenvalue weighted by atomic mass is 10.1. The van der Waals surface area contributed by atoms with Crippen LogP contribution in [0.15, 0.2) is 55.1 Å². The van der Waals surface area contributed by atoms with Crippen molar-refractivity contribution in [1.82, 2.24) is 24.5 Å². The molecule has 4 aromatic rings. The quantitative estimate of drug-likeness (QED) is 0.484. The largest absolute Gasteiger partial charge is 0.419 e. The van der Waals surface area contributed by atoms with Crippen LogP contribution in [0.1, 0.15) is 36.1 Å². The zero-order valence-corrected chi connectivity index (χ0v) is 16.5. The molecule has 0 atom stereocenters. The molecule has 154 valence electrons. The van der Waals surface area contributed by atoms with Crippen LogP contribution in [0.4, 0.5) is 0 Å². The van der Waals surface area contributed by atoms with Gasteiger partial charge in [0.2, 0.25) is 5.89 Å². The number of nitrogens with zero attached hydrogens (tertiary/aromatic N) is 6. The van der Waals surface area contributed by atoms with Gasteiger partial charge in [0, 0.05) is 17.8 Å². The van der Waals surface area contributed by atoms with Gasteiger partial charge in [0.25, 0.3) is 11.4 Å². The molecule has 3 aromatic heterocycles. The van der Waals surface area contributed by atoms with Gasteiger partial charge in [0.05, 0.1) is 0 Å². The number of benzene rings is 1. The van der Waals surface area contributed by atoms with E-state index in [1.165, 1.54) is 10.8 Å². The van der Waals surface area contributed by atoms with Crippen molar-refractivity contribution in [3.8, 4) is 28.8 Å². The van der Waals surface area contributed by atoms with E-state index in [0.29, 0.717) is 17.0 Å². The highest BCUT2D eigenvalue weighted by Crippen LogP contribution is 2.34. The lowest BCUT2D eigenvalue weighted by Crippen LogP contribution is -2.41. The summed E-state index contributed by atoms with van der Waals surface area (Å²) in [5.41, 5.74) is 0.617.